The second-order valence-corrected chi connectivity index (χ2v) is 9.02. The van der Waals surface area contributed by atoms with Gasteiger partial charge in [0.25, 0.3) is 0 Å². The van der Waals surface area contributed by atoms with Crippen LogP contribution in [-0.4, -0.2) is 19.9 Å². The second-order valence-electron chi connectivity index (χ2n) is 7.25. The first-order valence-corrected chi connectivity index (χ1v) is 11.1. The van der Waals surface area contributed by atoms with Crippen molar-refractivity contribution >= 4 is 20.9 Å². The zero-order valence-electron chi connectivity index (χ0n) is 16.0. The van der Waals surface area contributed by atoms with Gasteiger partial charge in [-0.15, -0.1) is 0 Å². The summed E-state index contributed by atoms with van der Waals surface area (Å²) in [5.41, 5.74) is 3.38. The molecule has 1 unspecified atom stereocenters. The fourth-order valence-electron chi connectivity index (χ4n) is 3.54. The highest BCUT2D eigenvalue weighted by Crippen LogP contribution is 2.19. The molecule has 5 heteroatoms. The molecule has 1 aromatic heterocycles. The summed E-state index contributed by atoms with van der Waals surface area (Å²) >= 11 is 0. The molecule has 0 aliphatic rings. The van der Waals surface area contributed by atoms with E-state index >= 15 is 0 Å². The molecular weight excluding hydrogens is 356 g/mol. The maximum Gasteiger partial charge on any atom is 0.240 e. The minimum absolute atomic E-state index is 0.327. The second kappa shape index (κ2) is 8.72. The molecule has 144 valence electrons. The lowest BCUT2D eigenvalue weighted by Crippen LogP contribution is -2.26. The first kappa shape index (κ1) is 19.6. The van der Waals surface area contributed by atoms with Gasteiger partial charge in [0.05, 0.1) is 4.90 Å². The van der Waals surface area contributed by atoms with Crippen LogP contribution in [0.15, 0.2) is 59.6 Å². The van der Waals surface area contributed by atoms with Gasteiger partial charge < -0.3 is 4.98 Å². The third-order valence-corrected chi connectivity index (χ3v) is 6.44. The van der Waals surface area contributed by atoms with E-state index in [0.717, 1.165) is 22.9 Å². The van der Waals surface area contributed by atoms with Gasteiger partial charge in [0.2, 0.25) is 10.0 Å². The van der Waals surface area contributed by atoms with Crippen molar-refractivity contribution in [2.45, 2.75) is 44.4 Å². The smallest absolute Gasteiger partial charge is 0.240 e. The number of hydrogen-bond acceptors (Lipinski definition) is 2. The summed E-state index contributed by atoms with van der Waals surface area (Å²) in [5.74, 6) is 0.617. The standard InChI is InChI=1S/C22H28N2O2S/c1-3-6-17(2)15-18-9-11-20(12-10-18)27(25,26)24-14-13-19-16-23-22-8-5-4-7-21(19)22/h4-5,7-12,16-17,23-24H,3,6,13-15H2,1-2H3. The molecule has 0 saturated heterocycles. The summed E-state index contributed by atoms with van der Waals surface area (Å²) in [6, 6.07) is 15.3. The number of aromatic amines is 1. The van der Waals surface area contributed by atoms with Crippen LogP contribution in [0.3, 0.4) is 0 Å². The van der Waals surface area contributed by atoms with Crippen LogP contribution >= 0.6 is 0 Å². The van der Waals surface area contributed by atoms with E-state index in [1.54, 1.807) is 12.1 Å². The number of fused-ring (bicyclic) bond motifs is 1. The minimum Gasteiger partial charge on any atom is -0.361 e. The molecule has 1 heterocycles. The Morgan fingerprint density at radius 3 is 2.56 bits per heavy atom. The summed E-state index contributed by atoms with van der Waals surface area (Å²) in [5, 5.41) is 1.14. The number of rotatable bonds is 9. The summed E-state index contributed by atoms with van der Waals surface area (Å²) in [6.07, 6.45) is 5.95. The van der Waals surface area contributed by atoms with Gasteiger partial charge in [-0.1, -0.05) is 57.0 Å². The molecule has 0 fully saturated rings. The Morgan fingerprint density at radius 1 is 1.07 bits per heavy atom. The maximum absolute atomic E-state index is 12.5. The zero-order valence-corrected chi connectivity index (χ0v) is 16.9. The Hall–Kier alpha value is -2.11. The maximum atomic E-state index is 12.5. The number of aromatic nitrogens is 1. The van der Waals surface area contributed by atoms with Crippen LogP contribution in [0.4, 0.5) is 0 Å². The van der Waals surface area contributed by atoms with Gasteiger partial charge >= 0.3 is 0 Å². The summed E-state index contributed by atoms with van der Waals surface area (Å²) in [6.45, 7) is 4.80. The van der Waals surface area contributed by atoms with Gasteiger partial charge in [0.1, 0.15) is 0 Å². The Kier molecular flexibility index (Phi) is 6.34. The van der Waals surface area contributed by atoms with Crippen LogP contribution in [0.5, 0.6) is 0 Å². The van der Waals surface area contributed by atoms with E-state index in [9.17, 15) is 8.42 Å². The highest BCUT2D eigenvalue weighted by Gasteiger charge is 2.14. The van der Waals surface area contributed by atoms with Crippen LogP contribution < -0.4 is 4.72 Å². The lowest BCUT2D eigenvalue weighted by Gasteiger charge is -2.11. The molecule has 4 nitrogen and oxygen atoms in total. The monoisotopic (exact) mass is 384 g/mol. The van der Waals surface area contributed by atoms with Crippen LogP contribution in [0.25, 0.3) is 10.9 Å². The lowest BCUT2D eigenvalue weighted by molar-refractivity contribution is 0.522. The fraction of sp³-hybridized carbons (Fsp3) is 0.364. The molecule has 0 saturated carbocycles. The van der Waals surface area contributed by atoms with Gasteiger partial charge in [-0.3, -0.25) is 0 Å². The largest absolute Gasteiger partial charge is 0.361 e. The van der Waals surface area contributed by atoms with Crippen molar-refractivity contribution in [1.82, 2.24) is 9.71 Å². The number of hydrogen-bond donors (Lipinski definition) is 2. The highest BCUT2D eigenvalue weighted by molar-refractivity contribution is 7.89. The first-order chi connectivity index (χ1) is 13.0. The third-order valence-electron chi connectivity index (χ3n) is 4.96. The van der Waals surface area contributed by atoms with Crippen LogP contribution in [0.2, 0.25) is 0 Å². The molecule has 3 rings (SSSR count). The third kappa shape index (κ3) is 4.99. The molecular formula is C22H28N2O2S. The quantitative estimate of drug-likeness (QED) is 0.563. The number of H-pyrrole nitrogens is 1. The van der Waals surface area contributed by atoms with E-state index < -0.39 is 10.0 Å². The van der Waals surface area contributed by atoms with E-state index in [1.165, 1.54) is 18.4 Å². The van der Waals surface area contributed by atoms with E-state index in [-0.39, 0.29) is 0 Å². The van der Waals surface area contributed by atoms with Gasteiger partial charge in [-0.2, -0.15) is 0 Å². The average Bonchev–Trinajstić information content (AvgIpc) is 3.06. The van der Waals surface area contributed by atoms with E-state index in [1.807, 2.05) is 42.6 Å². The lowest BCUT2D eigenvalue weighted by atomic mass is 9.97. The predicted octanol–water partition coefficient (Wildman–Crippen LogP) is 4.67. The number of para-hydroxylation sites is 1. The molecule has 3 aromatic rings. The topological polar surface area (TPSA) is 62.0 Å². The minimum atomic E-state index is -3.48. The molecule has 0 radical (unpaired) electrons. The molecule has 2 N–H and O–H groups in total. The summed E-state index contributed by atoms with van der Waals surface area (Å²) in [7, 11) is -3.48. The van der Waals surface area contributed by atoms with Crippen molar-refractivity contribution in [3.8, 4) is 0 Å². The van der Waals surface area contributed by atoms with Gasteiger partial charge in [0, 0.05) is 23.6 Å². The van der Waals surface area contributed by atoms with Crippen LogP contribution in [0, 0.1) is 5.92 Å². The van der Waals surface area contributed by atoms with Gasteiger partial charge in [-0.25, -0.2) is 13.1 Å². The molecule has 0 aliphatic carbocycles. The molecule has 2 aromatic carbocycles. The number of sulfonamides is 1. The van der Waals surface area contributed by atoms with Crippen molar-refractivity contribution in [2.24, 2.45) is 5.92 Å². The van der Waals surface area contributed by atoms with Crippen molar-refractivity contribution in [3.05, 3.63) is 65.9 Å². The van der Waals surface area contributed by atoms with Crippen molar-refractivity contribution in [1.29, 1.82) is 0 Å². The van der Waals surface area contributed by atoms with Crippen LogP contribution in [0.1, 0.15) is 37.8 Å². The molecule has 1 atom stereocenters. The van der Waals surface area contributed by atoms with Crippen LogP contribution in [-0.2, 0) is 22.9 Å². The van der Waals surface area contributed by atoms with Crippen molar-refractivity contribution in [3.63, 3.8) is 0 Å². The Balaban J connectivity index is 1.59. The normalized spacial score (nSPS) is 13.1. The fourth-order valence-corrected chi connectivity index (χ4v) is 4.58. The van der Waals surface area contributed by atoms with Gasteiger partial charge in [0.15, 0.2) is 0 Å². The number of benzene rings is 2. The van der Waals surface area contributed by atoms with E-state index in [2.05, 4.69) is 23.6 Å². The number of nitrogens with one attached hydrogen (secondary N) is 2. The summed E-state index contributed by atoms with van der Waals surface area (Å²) < 4.78 is 27.8. The zero-order chi connectivity index (χ0) is 19.3. The Labute approximate surface area is 162 Å². The SMILES string of the molecule is CCCC(C)Cc1ccc(S(=O)(=O)NCCc2c[nH]c3ccccc23)cc1. The Morgan fingerprint density at radius 2 is 1.81 bits per heavy atom. The predicted molar refractivity (Wildman–Crippen MR) is 111 cm³/mol. The molecule has 0 amide bonds. The van der Waals surface area contributed by atoms with Crippen molar-refractivity contribution in [2.75, 3.05) is 6.54 Å². The highest BCUT2D eigenvalue weighted by atomic mass is 32.2. The summed E-state index contributed by atoms with van der Waals surface area (Å²) in [4.78, 5) is 3.55. The van der Waals surface area contributed by atoms with Gasteiger partial charge in [-0.05, 0) is 48.1 Å². The van der Waals surface area contributed by atoms with E-state index in [0.29, 0.717) is 23.8 Å². The van der Waals surface area contributed by atoms with Crippen molar-refractivity contribution < 1.29 is 8.42 Å². The average molecular weight is 385 g/mol. The molecule has 0 aliphatic heterocycles. The molecule has 27 heavy (non-hydrogen) atoms. The van der Waals surface area contributed by atoms with E-state index in [4.69, 9.17) is 0 Å². The molecule has 0 bridgehead atoms. The first-order valence-electron chi connectivity index (χ1n) is 9.63. The Bertz CT molecular complexity index is 975. The molecule has 0 spiro atoms.